The Morgan fingerprint density at radius 1 is 1.12 bits per heavy atom. The molecule has 0 spiro atoms. The minimum Gasteiger partial charge on any atom is -0.379 e. The van der Waals surface area contributed by atoms with Crippen LogP contribution < -0.4 is 15.0 Å². The lowest BCUT2D eigenvalue weighted by Gasteiger charge is -2.28. The van der Waals surface area contributed by atoms with Gasteiger partial charge in [-0.05, 0) is 30.8 Å². The quantitative estimate of drug-likeness (QED) is 0.574. The van der Waals surface area contributed by atoms with Crippen LogP contribution in [-0.2, 0) is 14.9 Å². The average Bonchev–Trinajstić information content (AvgIpc) is 3.23. The normalized spacial score (nSPS) is 20.9. The van der Waals surface area contributed by atoms with E-state index >= 15 is 0 Å². The predicted molar refractivity (Wildman–Crippen MR) is 127 cm³/mol. The lowest BCUT2D eigenvalue weighted by atomic mass is 10.0. The molecule has 2 unspecified atom stereocenters. The summed E-state index contributed by atoms with van der Waals surface area (Å²) in [5.74, 6) is 0. The summed E-state index contributed by atoms with van der Waals surface area (Å²) in [5, 5.41) is 10.7. The zero-order valence-corrected chi connectivity index (χ0v) is 19.9. The molecule has 172 valence electrons. The van der Waals surface area contributed by atoms with E-state index in [0.29, 0.717) is 54.2 Å². The van der Waals surface area contributed by atoms with Gasteiger partial charge in [0.15, 0.2) is 0 Å². The molecule has 8 nitrogen and oxygen atoms in total. The van der Waals surface area contributed by atoms with Crippen molar-refractivity contribution >= 4 is 44.8 Å². The number of halogens is 2. The van der Waals surface area contributed by atoms with Gasteiger partial charge >= 0.3 is 0 Å². The van der Waals surface area contributed by atoms with Crippen LogP contribution in [0.5, 0.6) is 0 Å². The Morgan fingerprint density at radius 3 is 2.50 bits per heavy atom. The Labute approximate surface area is 198 Å². The molecule has 2 aromatic rings. The summed E-state index contributed by atoms with van der Waals surface area (Å²) in [4.78, 5) is 0. The third-order valence-corrected chi connectivity index (χ3v) is 7.59. The van der Waals surface area contributed by atoms with Gasteiger partial charge in [-0.25, -0.2) is 0 Å². The average molecular weight is 498 g/mol. The molecule has 0 aromatic heterocycles. The Balaban J connectivity index is 1.64. The van der Waals surface area contributed by atoms with Crippen LogP contribution in [0.1, 0.15) is 18.0 Å². The summed E-state index contributed by atoms with van der Waals surface area (Å²) < 4.78 is 35.2. The number of nitrogens with one attached hydrogen (secondary N) is 2. The molecule has 2 N–H and O–H groups in total. The molecule has 0 radical (unpaired) electrons. The maximum absolute atomic E-state index is 12.9. The van der Waals surface area contributed by atoms with Gasteiger partial charge in [-0.3, -0.25) is 10.3 Å². The van der Waals surface area contributed by atoms with Gasteiger partial charge in [0.05, 0.1) is 35.7 Å². The number of hydrazone groups is 1. The highest BCUT2D eigenvalue weighted by molar-refractivity contribution is 7.87. The number of ether oxygens (including phenoxy) is 1. The second-order valence-corrected chi connectivity index (χ2v) is 10.1. The fraction of sp³-hybridized carbons (Fsp3) is 0.381. The molecule has 2 heterocycles. The zero-order chi connectivity index (χ0) is 22.7. The van der Waals surface area contributed by atoms with Gasteiger partial charge in [-0.2, -0.15) is 22.5 Å². The third kappa shape index (κ3) is 5.09. The fourth-order valence-corrected chi connectivity index (χ4v) is 5.66. The Hall–Kier alpha value is -1.72. The molecular weight excluding hydrogens is 473 g/mol. The molecule has 1 saturated heterocycles. The smallest absolute Gasteiger partial charge is 0.281 e. The van der Waals surface area contributed by atoms with Crippen LogP contribution in [0.25, 0.3) is 0 Å². The molecule has 2 atom stereocenters. The standard InChI is InChI=1S/C21H25Cl2N5O3S/c1-24-21(26-32(29,30)27-9-11-31-12-10-27)18-14-20(15-5-3-2-4-6-15)28(25-18)19-8-7-16(22)13-17(19)23/h2-8,13,20-21,24,26H,9-12,14H2,1H3. The Kier molecular flexibility index (Phi) is 7.36. The summed E-state index contributed by atoms with van der Waals surface area (Å²) in [6.45, 7) is 1.39. The second-order valence-electron chi connectivity index (χ2n) is 7.52. The van der Waals surface area contributed by atoms with E-state index in [1.807, 2.05) is 41.4 Å². The van der Waals surface area contributed by atoms with E-state index in [1.54, 1.807) is 19.2 Å². The van der Waals surface area contributed by atoms with Crippen molar-refractivity contribution in [3.05, 3.63) is 64.1 Å². The molecular formula is C21H25Cl2N5O3S. The van der Waals surface area contributed by atoms with Crippen molar-refractivity contribution in [1.82, 2.24) is 14.3 Å². The van der Waals surface area contributed by atoms with E-state index in [0.717, 1.165) is 5.56 Å². The van der Waals surface area contributed by atoms with E-state index in [-0.39, 0.29) is 6.04 Å². The lowest BCUT2D eigenvalue weighted by molar-refractivity contribution is 0.0724. The first-order valence-corrected chi connectivity index (χ1v) is 12.5. The van der Waals surface area contributed by atoms with Crippen molar-refractivity contribution in [3.63, 3.8) is 0 Å². The fourth-order valence-electron chi connectivity index (χ4n) is 3.84. The largest absolute Gasteiger partial charge is 0.379 e. The van der Waals surface area contributed by atoms with Crippen molar-refractivity contribution in [2.75, 3.05) is 38.4 Å². The van der Waals surface area contributed by atoms with Crippen LogP contribution in [0, 0.1) is 0 Å². The highest BCUT2D eigenvalue weighted by Crippen LogP contribution is 2.39. The van der Waals surface area contributed by atoms with Gasteiger partial charge in [0.25, 0.3) is 10.2 Å². The first kappa shape index (κ1) is 23.4. The molecule has 0 aliphatic carbocycles. The van der Waals surface area contributed by atoms with E-state index in [9.17, 15) is 8.42 Å². The first-order valence-electron chi connectivity index (χ1n) is 10.3. The number of rotatable bonds is 7. The number of benzene rings is 2. The van der Waals surface area contributed by atoms with Gasteiger partial charge in [0.1, 0.15) is 6.17 Å². The molecule has 4 rings (SSSR count). The molecule has 0 saturated carbocycles. The van der Waals surface area contributed by atoms with Crippen LogP contribution in [0.4, 0.5) is 5.69 Å². The van der Waals surface area contributed by atoms with Gasteiger partial charge in [0, 0.05) is 24.5 Å². The number of hydrogen-bond donors (Lipinski definition) is 2. The van der Waals surface area contributed by atoms with Crippen molar-refractivity contribution in [1.29, 1.82) is 0 Å². The predicted octanol–water partition coefficient (Wildman–Crippen LogP) is 3.01. The van der Waals surface area contributed by atoms with Gasteiger partial charge in [-0.1, -0.05) is 53.5 Å². The van der Waals surface area contributed by atoms with E-state index in [2.05, 4.69) is 10.0 Å². The van der Waals surface area contributed by atoms with Crippen molar-refractivity contribution in [3.8, 4) is 0 Å². The molecule has 1 fully saturated rings. The summed E-state index contributed by atoms with van der Waals surface area (Å²) in [5.41, 5.74) is 2.40. The monoisotopic (exact) mass is 497 g/mol. The summed E-state index contributed by atoms with van der Waals surface area (Å²) in [7, 11) is -2.01. The molecule has 11 heteroatoms. The minimum absolute atomic E-state index is 0.145. The summed E-state index contributed by atoms with van der Waals surface area (Å²) in [6.07, 6.45) is -0.162. The van der Waals surface area contributed by atoms with Crippen LogP contribution in [-0.4, -0.2) is 58.0 Å². The number of nitrogens with zero attached hydrogens (tertiary/aromatic N) is 3. The third-order valence-electron chi connectivity index (χ3n) is 5.47. The molecule has 0 amide bonds. The molecule has 2 aliphatic heterocycles. The maximum Gasteiger partial charge on any atom is 0.281 e. The number of hydrogen-bond acceptors (Lipinski definition) is 6. The highest BCUT2D eigenvalue weighted by Gasteiger charge is 2.36. The minimum atomic E-state index is -3.71. The molecule has 0 bridgehead atoms. The Bertz CT molecular complexity index is 1080. The van der Waals surface area contributed by atoms with Crippen molar-refractivity contribution in [2.45, 2.75) is 18.6 Å². The Morgan fingerprint density at radius 2 is 1.84 bits per heavy atom. The zero-order valence-electron chi connectivity index (χ0n) is 17.5. The molecule has 2 aromatic carbocycles. The summed E-state index contributed by atoms with van der Waals surface area (Å²) in [6, 6.07) is 15.0. The van der Waals surface area contributed by atoms with Crippen molar-refractivity contribution < 1.29 is 13.2 Å². The SMILES string of the molecule is CNC(NS(=O)(=O)N1CCOCC1)C1=NN(c2ccc(Cl)cc2Cl)C(c2ccccc2)C1. The lowest BCUT2D eigenvalue weighted by Crippen LogP contribution is -2.55. The number of morpholine rings is 1. The van der Waals surface area contributed by atoms with Crippen molar-refractivity contribution in [2.24, 2.45) is 5.10 Å². The topological polar surface area (TPSA) is 86.3 Å². The molecule has 2 aliphatic rings. The highest BCUT2D eigenvalue weighted by atomic mass is 35.5. The van der Waals surface area contributed by atoms with Crippen LogP contribution in [0.3, 0.4) is 0 Å². The second kappa shape index (κ2) is 10.0. The van der Waals surface area contributed by atoms with E-state index < -0.39 is 16.4 Å². The number of anilines is 1. The van der Waals surface area contributed by atoms with Gasteiger partial charge < -0.3 is 4.74 Å². The van der Waals surface area contributed by atoms with E-state index in [4.69, 9.17) is 33.0 Å². The van der Waals surface area contributed by atoms with Crippen LogP contribution in [0.2, 0.25) is 10.0 Å². The summed E-state index contributed by atoms with van der Waals surface area (Å²) >= 11 is 12.6. The maximum atomic E-state index is 12.9. The van der Waals surface area contributed by atoms with Crippen LogP contribution in [0.15, 0.2) is 53.6 Å². The van der Waals surface area contributed by atoms with E-state index in [1.165, 1.54) is 4.31 Å². The van der Waals surface area contributed by atoms with Crippen LogP contribution >= 0.6 is 23.2 Å². The van der Waals surface area contributed by atoms with Gasteiger partial charge in [-0.15, -0.1) is 0 Å². The molecule has 32 heavy (non-hydrogen) atoms. The van der Waals surface area contributed by atoms with Gasteiger partial charge in [0.2, 0.25) is 0 Å². The first-order chi connectivity index (χ1) is 15.4.